The standard InChI is InChI=1S/C27H32F27NSi/c28-16(29,19(34,35)22(40,41)25(46,47)48)10-4-1-7-13-56(55,14-8-2-5-11-17(30,31)20(36,37)23(42,43)26(49,50)51)15-9-3-6-12-18(32,33)21(38,39)24(44,45)27(52,53)54/h1-15,55H2. The Balaban J connectivity index is 5.71. The summed E-state index contributed by atoms with van der Waals surface area (Å²) in [6.07, 6.45) is -35.3. The quantitative estimate of drug-likeness (QED) is 0.0583. The third kappa shape index (κ3) is 11.5. The molecule has 0 saturated carbocycles. The maximum absolute atomic E-state index is 13.8. The summed E-state index contributed by atoms with van der Waals surface area (Å²) in [5.41, 5.74) is 0. The van der Waals surface area contributed by atoms with E-state index in [0.717, 1.165) is 0 Å². The summed E-state index contributed by atoms with van der Waals surface area (Å²) in [7, 11) is -3.62. The van der Waals surface area contributed by atoms with Gasteiger partial charge in [0.15, 0.2) is 0 Å². The van der Waals surface area contributed by atoms with Crippen LogP contribution >= 0.6 is 0 Å². The fraction of sp³-hybridized carbons (Fsp3) is 1.00. The lowest BCUT2D eigenvalue weighted by molar-refractivity contribution is -0.396. The van der Waals surface area contributed by atoms with Gasteiger partial charge in [-0.3, -0.25) is 0 Å². The minimum Gasteiger partial charge on any atom is -0.351 e. The molecule has 2 N–H and O–H groups in total. The Bertz CT molecular complexity index is 1070. The zero-order chi connectivity index (χ0) is 45.1. The molecule has 0 aliphatic carbocycles. The van der Waals surface area contributed by atoms with Crippen molar-refractivity contribution in [3.05, 3.63) is 0 Å². The van der Waals surface area contributed by atoms with E-state index in [-0.39, 0.29) is 0 Å². The molecule has 0 aromatic carbocycles. The van der Waals surface area contributed by atoms with E-state index >= 15 is 0 Å². The molecule has 0 aromatic heterocycles. The van der Waals surface area contributed by atoms with Crippen molar-refractivity contribution in [1.29, 1.82) is 0 Å². The second-order valence-electron chi connectivity index (χ2n) is 13.1. The van der Waals surface area contributed by atoms with Gasteiger partial charge in [-0.2, -0.15) is 119 Å². The Morgan fingerprint density at radius 2 is 0.429 bits per heavy atom. The predicted octanol–water partition coefficient (Wildman–Crippen LogP) is 14.0. The van der Waals surface area contributed by atoms with Gasteiger partial charge in [-0.15, -0.1) is 0 Å². The maximum Gasteiger partial charge on any atom is 0.460 e. The second-order valence-corrected chi connectivity index (χ2v) is 17.3. The van der Waals surface area contributed by atoms with E-state index in [1.165, 1.54) is 0 Å². The van der Waals surface area contributed by atoms with Crippen molar-refractivity contribution in [3.8, 4) is 0 Å². The van der Waals surface area contributed by atoms with Gasteiger partial charge in [0.1, 0.15) is 8.24 Å². The molecule has 29 heteroatoms. The number of rotatable bonds is 24. The Morgan fingerprint density at radius 3 is 0.589 bits per heavy atom. The normalized spacial score (nSPS) is 15.9. The summed E-state index contributed by atoms with van der Waals surface area (Å²) in [4.78, 5) is 0. The summed E-state index contributed by atoms with van der Waals surface area (Å²) >= 11 is 0. The van der Waals surface area contributed by atoms with Gasteiger partial charge in [0.25, 0.3) is 0 Å². The van der Waals surface area contributed by atoms with Crippen LogP contribution in [0.1, 0.15) is 77.0 Å². The summed E-state index contributed by atoms with van der Waals surface area (Å²) < 4.78 is 352. The molecule has 338 valence electrons. The highest BCUT2D eigenvalue weighted by atomic mass is 28.3. The van der Waals surface area contributed by atoms with E-state index in [2.05, 4.69) is 0 Å². The monoisotopic (exact) mass is 911 g/mol. The van der Waals surface area contributed by atoms with Gasteiger partial charge in [-0.25, -0.2) is 0 Å². The van der Waals surface area contributed by atoms with Crippen LogP contribution in [0.25, 0.3) is 0 Å². The van der Waals surface area contributed by atoms with Crippen molar-refractivity contribution < 1.29 is 119 Å². The third-order valence-electron chi connectivity index (χ3n) is 8.63. The van der Waals surface area contributed by atoms with Crippen LogP contribution in [0.5, 0.6) is 0 Å². The van der Waals surface area contributed by atoms with Crippen LogP contribution in [0.3, 0.4) is 0 Å². The first-order valence-electron chi connectivity index (χ1n) is 15.8. The number of unbranched alkanes of at least 4 members (excludes halogenated alkanes) is 6. The van der Waals surface area contributed by atoms with E-state index in [9.17, 15) is 119 Å². The molecule has 0 aliphatic heterocycles. The first-order valence-corrected chi connectivity index (χ1v) is 18.5. The molecule has 0 rings (SSSR count). The molecule has 0 fully saturated rings. The second kappa shape index (κ2) is 17.5. The van der Waals surface area contributed by atoms with Gasteiger partial charge in [-0.05, 0) is 37.4 Å². The molecule has 0 bridgehead atoms. The molecule has 0 heterocycles. The molecular formula is C27H32F27NSi. The van der Waals surface area contributed by atoms with Gasteiger partial charge in [0.2, 0.25) is 0 Å². The van der Waals surface area contributed by atoms with Crippen molar-refractivity contribution in [1.82, 2.24) is 0 Å². The van der Waals surface area contributed by atoms with Crippen LogP contribution in [0, 0.1) is 0 Å². The first kappa shape index (κ1) is 54.3. The molecule has 1 nitrogen and oxygen atoms in total. The highest BCUT2D eigenvalue weighted by Crippen LogP contribution is 2.57. The lowest BCUT2D eigenvalue weighted by atomic mass is 9.98. The zero-order valence-corrected chi connectivity index (χ0v) is 28.9. The molecule has 0 saturated heterocycles. The molecule has 0 atom stereocenters. The molecule has 0 aromatic rings. The zero-order valence-electron chi connectivity index (χ0n) is 27.9. The fourth-order valence-electron chi connectivity index (χ4n) is 5.07. The van der Waals surface area contributed by atoms with Gasteiger partial charge >= 0.3 is 71.8 Å². The summed E-state index contributed by atoms with van der Waals surface area (Å²) in [5, 5.41) is 6.19. The van der Waals surface area contributed by atoms with Gasteiger partial charge < -0.3 is 5.40 Å². The lowest BCUT2D eigenvalue weighted by Crippen LogP contribution is -2.60. The predicted molar refractivity (Wildman–Crippen MR) is 142 cm³/mol. The largest absolute Gasteiger partial charge is 0.460 e. The van der Waals surface area contributed by atoms with E-state index in [0.29, 0.717) is 0 Å². The van der Waals surface area contributed by atoms with Crippen LogP contribution in [0.2, 0.25) is 18.1 Å². The number of hydrogen-bond acceptors (Lipinski definition) is 1. The van der Waals surface area contributed by atoms with E-state index in [1.807, 2.05) is 0 Å². The van der Waals surface area contributed by atoms with Crippen LogP contribution in [-0.2, 0) is 0 Å². The summed E-state index contributed by atoms with van der Waals surface area (Å²) in [6.45, 7) is 0. The number of halogens is 27. The van der Waals surface area contributed by atoms with Crippen LogP contribution < -0.4 is 5.40 Å². The van der Waals surface area contributed by atoms with Crippen molar-refractivity contribution >= 4 is 8.24 Å². The third-order valence-corrected chi connectivity index (χ3v) is 12.7. The molecule has 0 unspecified atom stereocenters. The molecular weight excluding hydrogens is 879 g/mol. The fourth-order valence-corrected chi connectivity index (χ4v) is 8.68. The number of alkyl halides is 27. The van der Waals surface area contributed by atoms with Crippen LogP contribution in [0.4, 0.5) is 119 Å². The topological polar surface area (TPSA) is 26.0 Å². The van der Waals surface area contributed by atoms with Gasteiger partial charge in [0.05, 0.1) is 0 Å². The SMILES string of the molecule is N[Si](CCCCCC(F)(F)C(F)(F)C(F)(F)C(F)(F)F)(CCCCCC(F)(F)C(F)(F)C(F)(F)C(F)(F)F)CCCCCC(F)(F)C(F)(F)C(F)(F)C(F)(F)F. The van der Waals surface area contributed by atoms with Gasteiger partial charge in [-0.1, -0.05) is 38.5 Å². The minimum absolute atomic E-state index is 0.425. The molecule has 56 heavy (non-hydrogen) atoms. The average Bonchev–Trinajstić information content (AvgIpc) is 2.98. The average molecular weight is 912 g/mol. The molecule has 0 aliphatic rings. The number of nitrogens with two attached hydrogens (primary N) is 1. The summed E-state index contributed by atoms with van der Waals surface area (Å²) in [5.74, 6) is -60.3. The van der Waals surface area contributed by atoms with Crippen LogP contribution in [-0.4, -0.2) is 80.1 Å². The van der Waals surface area contributed by atoms with Crippen LogP contribution in [0.15, 0.2) is 0 Å². The first-order chi connectivity index (χ1) is 24.4. The molecule has 0 amide bonds. The Labute approximate surface area is 299 Å². The van der Waals surface area contributed by atoms with Gasteiger partial charge in [0, 0.05) is 19.3 Å². The Kier molecular flexibility index (Phi) is 16.9. The molecule has 0 spiro atoms. The minimum atomic E-state index is -7.19. The highest BCUT2D eigenvalue weighted by molar-refractivity contribution is 6.76. The van der Waals surface area contributed by atoms with Crippen molar-refractivity contribution in [2.45, 2.75) is 167 Å². The number of hydrogen-bond donors (Lipinski definition) is 1. The van der Waals surface area contributed by atoms with Crippen molar-refractivity contribution in [3.63, 3.8) is 0 Å². The lowest BCUT2D eigenvalue weighted by Gasteiger charge is -2.34. The van der Waals surface area contributed by atoms with Crippen molar-refractivity contribution in [2.75, 3.05) is 0 Å². The van der Waals surface area contributed by atoms with E-state index < -0.39 is 175 Å². The maximum atomic E-state index is 13.8. The Morgan fingerprint density at radius 1 is 0.250 bits per heavy atom. The Hall–Kier alpha value is -1.71. The van der Waals surface area contributed by atoms with Crippen molar-refractivity contribution in [2.24, 2.45) is 5.40 Å². The van der Waals surface area contributed by atoms with E-state index in [4.69, 9.17) is 5.40 Å². The molecule has 0 radical (unpaired) electrons. The highest BCUT2D eigenvalue weighted by Gasteiger charge is 2.83. The smallest absolute Gasteiger partial charge is 0.351 e. The van der Waals surface area contributed by atoms with E-state index in [1.54, 1.807) is 0 Å². The summed E-state index contributed by atoms with van der Waals surface area (Å²) in [6, 6.07) is -1.27.